The highest BCUT2D eigenvalue weighted by molar-refractivity contribution is 6.31. The van der Waals surface area contributed by atoms with Gasteiger partial charge in [-0.05, 0) is 44.0 Å². The number of hydrogen-bond acceptors (Lipinski definition) is 4. The van der Waals surface area contributed by atoms with Crippen LogP contribution in [0.15, 0.2) is 60.4 Å². The number of nitrogens with zero attached hydrogens (tertiary/aromatic N) is 1. The lowest BCUT2D eigenvalue weighted by Gasteiger charge is -2.27. The zero-order valence-corrected chi connectivity index (χ0v) is 16.7. The van der Waals surface area contributed by atoms with Gasteiger partial charge in [0.15, 0.2) is 0 Å². The molecule has 0 aromatic heterocycles. The van der Waals surface area contributed by atoms with Gasteiger partial charge in [-0.25, -0.2) is 9.69 Å². The maximum atomic E-state index is 13.1. The Balaban J connectivity index is 2.02. The first kappa shape index (κ1) is 20.0. The van der Waals surface area contributed by atoms with Crippen LogP contribution in [0.5, 0.6) is 0 Å². The number of ether oxygens (including phenoxy) is 1. The standard InChI is InChI=1S/C22H22ClNO4/c1-22(2,3)28-21(27)24-17(13-14-7-5-4-6-8-14)19(25)18(20(24)26)15-9-11-16(23)12-10-15/h4-12,17,25H,13H2,1-3H3/t17-/m0/s1. The summed E-state index contributed by atoms with van der Waals surface area (Å²) in [6.45, 7) is 5.18. The summed E-state index contributed by atoms with van der Waals surface area (Å²) >= 11 is 5.93. The van der Waals surface area contributed by atoms with Gasteiger partial charge in [-0.15, -0.1) is 0 Å². The normalized spacial score (nSPS) is 17.2. The second-order valence-electron chi connectivity index (χ2n) is 7.63. The molecule has 5 nitrogen and oxygen atoms in total. The van der Waals surface area contributed by atoms with Crippen molar-refractivity contribution in [2.45, 2.75) is 38.8 Å². The van der Waals surface area contributed by atoms with E-state index in [1.165, 1.54) is 0 Å². The third-order valence-electron chi connectivity index (χ3n) is 4.31. The number of imide groups is 1. The molecule has 0 aliphatic carbocycles. The van der Waals surface area contributed by atoms with Crippen LogP contribution >= 0.6 is 11.6 Å². The lowest BCUT2D eigenvalue weighted by molar-refractivity contribution is -0.124. The van der Waals surface area contributed by atoms with Gasteiger partial charge in [0.05, 0.1) is 5.57 Å². The van der Waals surface area contributed by atoms with Crippen molar-refractivity contribution in [1.82, 2.24) is 4.90 Å². The van der Waals surface area contributed by atoms with Crippen LogP contribution in [0, 0.1) is 0 Å². The molecule has 2 amide bonds. The van der Waals surface area contributed by atoms with E-state index in [0.29, 0.717) is 10.6 Å². The lowest BCUT2D eigenvalue weighted by atomic mass is 10.0. The number of benzene rings is 2. The summed E-state index contributed by atoms with van der Waals surface area (Å²) in [5.41, 5.74) is 0.699. The maximum absolute atomic E-state index is 13.1. The van der Waals surface area contributed by atoms with Crippen molar-refractivity contribution in [3.05, 3.63) is 76.5 Å². The quantitative estimate of drug-likeness (QED) is 0.788. The molecule has 0 unspecified atom stereocenters. The fourth-order valence-corrected chi connectivity index (χ4v) is 3.22. The predicted molar refractivity (Wildman–Crippen MR) is 108 cm³/mol. The van der Waals surface area contributed by atoms with Gasteiger partial charge in [0.2, 0.25) is 0 Å². The Hall–Kier alpha value is -2.79. The highest BCUT2D eigenvalue weighted by Crippen LogP contribution is 2.34. The van der Waals surface area contributed by atoms with Gasteiger partial charge in [0, 0.05) is 11.4 Å². The molecule has 0 saturated carbocycles. The van der Waals surface area contributed by atoms with Gasteiger partial charge in [-0.2, -0.15) is 0 Å². The molecule has 0 bridgehead atoms. The molecule has 0 saturated heterocycles. The van der Waals surface area contributed by atoms with E-state index in [1.54, 1.807) is 45.0 Å². The van der Waals surface area contributed by atoms with E-state index in [9.17, 15) is 14.7 Å². The lowest BCUT2D eigenvalue weighted by Crippen LogP contribution is -2.44. The van der Waals surface area contributed by atoms with Crippen molar-refractivity contribution in [2.24, 2.45) is 0 Å². The minimum atomic E-state index is -0.838. The molecular formula is C22H22ClNO4. The van der Waals surface area contributed by atoms with Crippen LogP contribution in [0.4, 0.5) is 4.79 Å². The second kappa shape index (κ2) is 7.68. The number of carbonyl (C=O) groups excluding carboxylic acids is 2. The summed E-state index contributed by atoms with van der Waals surface area (Å²) in [4.78, 5) is 26.9. The molecule has 146 valence electrons. The van der Waals surface area contributed by atoms with Gasteiger partial charge in [0.1, 0.15) is 17.4 Å². The average molecular weight is 400 g/mol. The van der Waals surface area contributed by atoms with Gasteiger partial charge in [-0.3, -0.25) is 4.79 Å². The first-order valence-corrected chi connectivity index (χ1v) is 9.34. The Morgan fingerprint density at radius 1 is 1.11 bits per heavy atom. The molecule has 6 heteroatoms. The maximum Gasteiger partial charge on any atom is 0.418 e. The monoisotopic (exact) mass is 399 g/mol. The molecule has 1 aliphatic rings. The summed E-state index contributed by atoms with van der Waals surface area (Å²) in [5, 5.41) is 11.4. The first-order valence-electron chi connectivity index (χ1n) is 8.97. The number of hydrogen-bond donors (Lipinski definition) is 1. The first-order chi connectivity index (χ1) is 13.2. The van der Waals surface area contributed by atoms with Crippen LogP contribution in [0.1, 0.15) is 31.9 Å². The number of carbonyl (C=O) groups is 2. The molecule has 3 rings (SSSR count). The number of aliphatic hydroxyl groups is 1. The second-order valence-corrected chi connectivity index (χ2v) is 8.06. The smallest absolute Gasteiger partial charge is 0.418 e. The Morgan fingerprint density at radius 3 is 2.29 bits per heavy atom. The number of aliphatic hydroxyl groups excluding tert-OH is 1. The minimum absolute atomic E-state index is 0.0865. The van der Waals surface area contributed by atoms with Crippen LogP contribution in [0.2, 0.25) is 5.02 Å². The zero-order valence-electron chi connectivity index (χ0n) is 16.0. The molecule has 1 atom stereocenters. The van der Waals surface area contributed by atoms with Crippen molar-refractivity contribution in [3.63, 3.8) is 0 Å². The summed E-state index contributed by atoms with van der Waals surface area (Å²) in [7, 11) is 0. The van der Waals surface area contributed by atoms with E-state index in [-0.39, 0.29) is 17.8 Å². The van der Waals surface area contributed by atoms with Crippen molar-refractivity contribution >= 4 is 29.2 Å². The van der Waals surface area contributed by atoms with Gasteiger partial charge in [0.25, 0.3) is 5.91 Å². The Labute approximate surface area is 169 Å². The van der Waals surface area contributed by atoms with Crippen molar-refractivity contribution in [1.29, 1.82) is 0 Å². The molecule has 1 aliphatic heterocycles. The molecule has 1 N–H and O–H groups in total. The van der Waals surface area contributed by atoms with E-state index in [2.05, 4.69) is 0 Å². The molecule has 2 aromatic rings. The van der Waals surface area contributed by atoms with Crippen molar-refractivity contribution in [3.8, 4) is 0 Å². The Bertz CT molecular complexity index is 914. The molecule has 0 spiro atoms. The summed E-state index contributed by atoms with van der Waals surface area (Å²) in [6.07, 6.45) is -0.497. The topological polar surface area (TPSA) is 66.8 Å². The third-order valence-corrected chi connectivity index (χ3v) is 4.56. The molecule has 2 aromatic carbocycles. The SMILES string of the molecule is CC(C)(C)OC(=O)N1C(=O)C(c2ccc(Cl)cc2)=C(O)[C@@H]1Cc1ccccc1. The summed E-state index contributed by atoms with van der Waals surface area (Å²) < 4.78 is 5.42. The van der Waals surface area contributed by atoms with E-state index >= 15 is 0 Å². The van der Waals surface area contributed by atoms with Crippen LogP contribution in [0.3, 0.4) is 0 Å². The molecule has 0 radical (unpaired) electrons. The van der Waals surface area contributed by atoms with Gasteiger partial charge >= 0.3 is 6.09 Å². The Morgan fingerprint density at radius 2 is 1.71 bits per heavy atom. The average Bonchev–Trinajstić information content (AvgIpc) is 2.86. The summed E-state index contributed by atoms with van der Waals surface area (Å²) in [5.74, 6) is -0.739. The molecule has 28 heavy (non-hydrogen) atoms. The third kappa shape index (κ3) is 4.20. The largest absolute Gasteiger partial charge is 0.509 e. The number of amides is 2. The fourth-order valence-electron chi connectivity index (χ4n) is 3.09. The van der Waals surface area contributed by atoms with Crippen molar-refractivity contribution < 1.29 is 19.4 Å². The molecule has 1 heterocycles. The highest BCUT2D eigenvalue weighted by Gasteiger charge is 2.45. The van der Waals surface area contributed by atoms with Crippen LogP contribution in [-0.4, -0.2) is 33.6 Å². The van der Waals surface area contributed by atoms with E-state index in [0.717, 1.165) is 10.5 Å². The number of halogens is 1. The van der Waals surface area contributed by atoms with E-state index in [4.69, 9.17) is 16.3 Å². The van der Waals surface area contributed by atoms with Crippen LogP contribution in [-0.2, 0) is 16.0 Å². The van der Waals surface area contributed by atoms with Crippen LogP contribution in [0.25, 0.3) is 5.57 Å². The highest BCUT2D eigenvalue weighted by atomic mass is 35.5. The van der Waals surface area contributed by atoms with E-state index < -0.39 is 23.6 Å². The van der Waals surface area contributed by atoms with Crippen LogP contribution < -0.4 is 0 Å². The number of rotatable bonds is 3. The van der Waals surface area contributed by atoms with Gasteiger partial charge in [-0.1, -0.05) is 54.1 Å². The molecular weight excluding hydrogens is 378 g/mol. The molecule has 0 fully saturated rings. The summed E-state index contributed by atoms with van der Waals surface area (Å²) in [6, 6.07) is 15.1. The zero-order chi connectivity index (χ0) is 20.5. The van der Waals surface area contributed by atoms with Crippen molar-refractivity contribution in [2.75, 3.05) is 0 Å². The predicted octanol–water partition coefficient (Wildman–Crippen LogP) is 5.00. The fraction of sp³-hybridized carbons (Fsp3) is 0.273. The Kier molecular flexibility index (Phi) is 5.47. The minimum Gasteiger partial charge on any atom is -0.509 e. The van der Waals surface area contributed by atoms with E-state index in [1.807, 2.05) is 30.3 Å². The van der Waals surface area contributed by atoms with Gasteiger partial charge < -0.3 is 9.84 Å².